The molecular weight excluding hydrogens is 222 g/mol. The first-order valence-electron chi connectivity index (χ1n) is 7.78. The highest BCUT2D eigenvalue weighted by Gasteiger charge is 2.29. The second-order valence-corrected chi connectivity index (χ2v) is 9.75. The van der Waals surface area contributed by atoms with E-state index >= 15 is 0 Å². The topological polar surface area (TPSA) is 0 Å². The summed E-state index contributed by atoms with van der Waals surface area (Å²) in [5.41, 5.74) is 0.964. The molecule has 0 aromatic heterocycles. The van der Waals surface area contributed by atoms with Crippen LogP contribution in [0.1, 0.15) is 58.8 Å². The van der Waals surface area contributed by atoms with Crippen LogP contribution < -0.4 is 0 Å². The van der Waals surface area contributed by atoms with Crippen molar-refractivity contribution in [3.8, 4) is 0 Å². The Morgan fingerprint density at radius 1 is 0.882 bits per heavy atom. The van der Waals surface area contributed by atoms with Gasteiger partial charge in [-0.3, -0.25) is 0 Å². The lowest BCUT2D eigenvalue weighted by Crippen LogP contribution is -2.54. The van der Waals surface area contributed by atoms with Gasteiger partial charge in [-0.2, -0.15) is 0 Å². The first kappa shape index (κ1) is 17.2. The van der Waals surface area contributed by atoms with Crippen LogP contribution in [0.3, 0.4) is 0 Å². The van der Waals surface area contributed by atoms with Crippen LogP contribution in [-0.2, 0) is 0 Å². The van der Waals surface area contributed by atoms with E-state index < -0.39 is 8.80 Å². The normalized spacial score (nSPS) is 14.3. The fourth-order valence-electron chi connectivity index (χ4n) is 3.24. The molecule has 0 radical (unpaired) electrons. The lowest BCUT2D eigenvalue weighted by Gasteiger charge is -2.40. The van der Waals surface area contributed by atoms with Crippen molar-refractivity contribution in [1.82, 2.24) is 0 Å². The molecule has 0 aromatic rings. The molecule has 1 nitrogen and oxygen atoms in total. The molecule has 0 aliphatic heterocycles. The lowest BCUT2D eigenvalue weighted by molar-refractivity contribution is -0.903. The second kappa shape index (κ2) is 9.15. The third-order valence-corrected chi connectivity index (χ3v) is 6.99. The van der Waals surface area contributed by atoms with Crippen LogP contribution in [0.2, 0.25) is 13.1 Å². The van der Waals surface area contributed by atoms with Gasteiger partial charge < -0.3 is 4.48 Å². The van der Waals surface area contributed by atoms with Crippen LogP contribution in [0.25, 0.3) is 0 Å². The van der Waals surface area contributed by atoms with E-state index in [1.165, 1.54) is 56.0 Å². The van der Waals surface area contributed by atoms with Gasteiger partial charge in [0.1, 0.15) is 8.80 Å². The smallest absolute Gasteiger partial charge is 0.102 e. The summed E-state index contributed by atoms with van der Waals surface area (Å²) >= 11 is 0. The summed E-state index contributed by atoms with van der Waals surface area (Å²) in [6.45, 7) is 11.1. The molecule has 0 rings (SSSR count). The van der Waals surface area contributed by atoms with Gasteiger partial charge in [-0.15, -0.1) is 0 Å². The van der Waals surface area contributed by atoms with Crippen LogP contribution in [0.4, 0.5) is 0 Å². The quantitative estimate of drug-likeness (QED) is 0.312. The highest BCUT2D eigenvalue weighted by Crippen LogP contribution is 2.16. The van der Waals surface area contributed by atoms with Crippen molar-refractivity contribution in [2.24, 2.45) is 0 Å². The predicted molar refractivity (Wildman–Crippen MR) is 83.3 cm³/mol. The van der Waals surface area contributed by atoms with E-state index in [1.807, 2.05) is 0 Å². The molecule has 0 N–H and O–H groups in total. The van der Waals surface area contributed by atoms with Crippen LogP contribution in [0.5, 0.6) is 0 Å². The van der Waals surface area contributed by atoms with Gasteiger partial charge in [0, 0.05) is 0 Å². The van der Waals surface area contributed by atoms with E-state index in [0.717, 1.165) is 5.67 Å². The van der Waals surface area contributed by atoms with E-state index in [2.05, 4.69) is 41.0 Å². The van der Waals surface area contributed by atoms with Crippen molar-refractivity contribution in [3.63, 3.8) is 0 Å². The number of rotatable bonds is 10. The third-order valence-electron chi connectivity index (χ3n) is 4.17. The largest absolute Gasteiger partial charge is 0.330 e. The van der Waals surface area contributed by atoms with Gasteiger partial charge in [0.25, 0.3) is 0 Å². The molecule has 0 aliphatic rings. The van der Waals surface area contributed by atoms with Crippen LogP contribution in [0.15, 0.2) is 0 Å². The molecule has 0 aromatic carbocycles. The van der Waals surface area contributed by atoms with Gasteiger partial charge in [0.05, 0.1) is 26.3 Å². The zero-order valence-corrected chi connectivity index (χ0v) is 14.4. The maximum atomic E-state index is 2.51. The molecular formula is C15H36NSi+. The Hall–Kier alpha value is 0.177. The van der Waals surface area contributed by atoms with Crippen molar-refractivity contribution >= 4 is 8.80 Å². The number of unbranched alkanes of at least 4 members (excludes halogenated alkanes) is 5. The monoisotopic (exact) mass is 258 g/mol. The van der Waals surface area contributed by atoms with Gasteiger partial charge in [-0.1, -0.05) is 52.6 Å². The summed E-state index contributed by atoms with van der Waals surface area (Å²) in [4.78, 5) is 0. The minimum atomic E-state index is -0.508. The highest BCUT2D eigenvalue weighted by atomic mass is 28.3. The summed E-state index contributed by atoms with van der Waals surface area (Å²) in [5.74, 6) is 0. The highest BCUT2D eigenvalue weighted by molar-refractivity contribution is 6.57. The molecule has 0 spiro atoms. The second-order valence-electron chi connectivity index (χ2n) is 6.49. The molecule has 0 fully saturated rings. The fraction of sp³-hybridized carbons (Fsp3) is 1.00. The maximum absolute atomic E-state index is 2.51. The Bertz CT molecular complexity index is 178. The van der Waals surface area contributed by atoms with E-state index in [0.29, 0.717) is 0 Å². The average Bonchev–Trinajstić information content (AvgIpc) is 2.23. The van der Waals surface area contributed by atoms with Gasteiger partial charge >= 0.3 is 0 Å². The van der Waals surface area contributed by atoms with Crippen LogP contribution in [-0.4, -0.2) is 39.6 Å². The summed E-state index contributed by atoms with van der Waals surface area (Å²) in [6, 6.07) is 0. The van der Waals surface area contributed by atoms with Gasteiger partial charge in [-0.25, -0.2) is 0 Å². The summed E-state index contributed by atoms with van der Waals surface area (Å²) in [6.07, 6.45) is 9.91. The lowest BCUT2D eigenvalue weighted by atomic mass is 10.1. The minimum absolute atomic E-state index is 0.508. The third kappa shape index (κ3) is 7.25. The molecule has 2 heteroatoms. The predicted octanol–water partition coefficient (Wildman–Crippen LogP) is 4.23. The molecule has 0 bridgehead atoms. The summed E-state index contributed by atoms with van der Waals surface area (Å²) in [7, 11) is 4.39. The van der Waals surface area contributed by atoms with Crippen molar-refractivity contribution in [3.05, 3.63) is 0 Å². The van der Waals surface area contributed by atoms with Crippen molar-refractivity contribution in [2.45, 2.75) is 77.6 Å². The number of hydrogen-bond donors (Lipinski definition) is 0. The fourth-order valence-corrected chi connectivity index (χ4v) is 5.94. The van der Waals surface area contributed by atoms with Crippen molar-refractivity contribution in [2.75, 3.05) is 20.6 Å². The number of nitrogens with zero attached hydrogens (tertiary/aromatic N) is 1. The van der Waals surface area contributed by atoms with E-state index in [-0.39, 0.29) is 0 Å². The van der Waals surface area contributed by atoms with Gasteiger partial charge in [-0.05, 0) is 19.3 Å². The first-order valence-corrected chi connectivity index (χ1v) is 10.8. The Morgan fingerprint density at radius 3 is 1.88 bits per heavy atom. The zero-order valence-electron chi connectivity index (χ0n) is 13.3. The molecule has 1 unspecified atom stereocenters. The Labute approximate surface area is 112 Å². The number of quaternary nitrogens is 1. The van der Waals surface area contributed by atoms with Crippen molar-refractivity contribution < 1.29 is 4.48 Å². The molecule has 0 saturated carbocycles. The molecule has 17 heavy (non-hydrogen) atoms. The summed E-state index contributed by atoms with van der Waals surface area (Å²) in [5, 5.41) is 0. The standard InChI is InChI=1S/C15H36NSi/c1-7-9-10-11-12-13-14-16(3,4)15(8-2)17(5)6/h15,17H,7-14H2,1-6H3/q+1. The molecule has 0 heterocycles. The molecule has 0 amide bonds. The van der Waals surface area contributed by atoms with E-state index in [4.69, 9.17) is 0 Å². The van der Waals surface area contributed by atoms with Gasteiger partial charge in [0.2, 0.25) is 0 Å². The van der Waals surface area contributed by atoms with Crippen LogP contribution in [0, 0.1) is 0 Å². The van der Waals surface area contributed by atoms with E-state index in [9.17, 15) is 0 Å². The Morgan fingerprint density at radius 2 is 1.41 bits per heavy atom. The Kier molecular flexibility index (Phi) is 9.25. The SMILES string of the molecule is CCCCCCCC[N+](C)(C)C(CC)[SiH](C)C. The molecule has 0 aliphatic carbocycles. The molecule has 0 saturated heterocycles. The zero-order chi connectivity index (χ0) is 13.3. The minimum Gasteiger partial charge on any atom is -0.330 e. The molecule has 1 atom stereocenters. The average molecular weight is 259 g/mol. The Balaban J connectivity index is 3.83. The summed E-state index contributed by atoms with van der Waals surface area (Å²) < 4.78 is 1.27. The van der Waals surface area contributed by atoms with E-state index in [1.54, 1.807) is 0 Å². The van der Waals surface area contributed by atoms with Gasteiger partial charge in [0.15, 0.2) is 0 Å². The first-order chi connectivity index (χ1) is 7.95. The molecule has 104 valence electrons. The number of hydrogen-bond acceptors (Lipinski definition) is 0. The van der Waals surface area contributed by atoms with Crippen LogP contribution >= 0.6 is 0 Å². The van der Waals surface area contributed by atoms with Crippen molar-refractivity contribution in [1.29, 1.82) is 0 Å². The maximum Gasteiger partial charge on any atom is 0.102 e.